The highest BCUT2D eigenvalue weighted by atomic mass is 16.5. The Morgan fingerprint density at radius 3 is 2.54 bits per heavy atom. The molecular formula is C22H28N2O2. The van der Waals surface area contributed by atoms with E-state index in [4.69, 9.17) is 4.74 Å². The van der Waals surface area contributed by atoms with Crippen LogP contribution in [-0.2, 0) is 22.5 Å². The lowest BCUT2D eigenvalue weighted by molar-refractivity contribution is -0.120. The molecule has 1 atom stereocenters. The molecule has 0 saturated heterocycles. The molecule has 4 rings (SSSR count). The fourth-order valence-electron chi connectivity index (χ4n) is 4.35. The highest BCUT2D eigenvalue weighted by Gasteiger charge is 2.22. The van der Waals surface area contributed by atoms with Crippen molar-refractivity contribution in [2.24, 2.45) is 5.92 Å². The molecule has 1 unspecified atom stereocenters. The third-order valence-corrected chi connectivity index (χ3v) is 5.94. The van der Waals surface area contributed by atoms with Crippen molar-refractivity contribution in [3.63, 3.8) is 0 Å². The summed E-state index contributed by atoms with van der Waals surface area (Å²) in [5.74, 6) is 0.373. The highest BCUT2D eigenvalue weighted by molar-refractivity contribution is 5.92. The first-order valence-electron chi connectivity index (χ1n) is 9.87. The molecule has 0 radical (unpaired) electrons. The third kappa shape index (κ3) is 3.56. The van der Waals surface area contributed by atoms with Gasteiger partial charge in [0.1, 0.15) is 0 Å². The third-order valence-electron chi connectivity index (χ3n) is 5.94. The summed E-state index contributed by atoms with van der Waals surface area (Å²) in [6, 6.07) is 12.7. The van der Waals surface area contributed by atoms with Crippen LogP contribution in [-0.4, -0.2) is 23.7 Å². The Kier molecular flexibility index (Phi) is 5.11. The number of anilines is 1. The van der Waals surface area contributed by atoms with Crippen molar-refractivity contribution in [1.82, 2.24) is 4.57 Å². The number of nitrogens with zero attached hydrogens (tertiary/aromatic N) is 1. The van der Waals surface area contributed by atoms with Crippen LogP contribution in [0.15, 0.2) is 36.4 Å². The maximum atomic E-state index is 12.4. The van der Waals surface area contributed by atoms with Gasteiger partial charge < -0.3 is 14.6 Å². The molecule has 1 aromatic carbocycles. The normalized spacial score (nSPS) is 20.6. The Morgan fingerprint density at radius 2 is 1.81 bits per heavy atom. The molecule has 4 heteroatoms. The first-order valence-corrected chi connectivity index (χ1v) is 9.87. The molecule has 1 fully saturated rings. The summed E-state index contributed by atoms with van der Waals surface area (Å²) in [5, 5.41) is 3.10. The molecule has 2 aliphatic rings. The van der Waals surface area contributed by atoms with Gasteiger partial charge in [-0.05, 0) is 49.1 Å². The minimum absolute atomic E-state index is 0.183. The molecule has 1 aliphatic heterocycles. The second kappa shape index (κ2) is 7.67. The van der Waals surface area contributed by atoms with E-state index in [-0.39, 0.29) is 11.8 Å². The number of hydrogen-bond acceptors (Lipinski definition) is 2. The quantitative estimate of drug-likeness (QED) is 0.871. The zero-order valence-corrected chi connectivity index (χ0v) is 15.5. The van der Waals surface area contributed by atoms with Crippen LogP contribution in [0.5, 0.6) is 0 Å². The number of hydrogen-bond donors (Lipinski definition) is 1. The van der Waals surface area contributed by atoms with Crippen molar-refractivity contribution >= 4 is 11.6 Å². The van der Waals surface area contributed by atoms with Gasteiger partial charge in [0, 0.05) is 43.1 Å². The van der Waals surface area contributed by atoms with Crippen molar-refractivity contribution < 1.29 is 9.53 Å². The minimum Gasteiger partial charge on any atom is -0.381 e. The minimum atomic E-state index is 0.183. The number of aromatic nitrogens is 1. The van der Waals surface area contributed by atoms with Gasteiger partial charge >= 0.3 is 0 Å². The van der Waals surface area contributed by atoms with Crippen LogP contribution in [0.3, 0.4) is 0 Å². The number of rotatable bonds is 4. The zero-order valence-electron chi connectivity index (χ0n) is 15.5. The van der Waals surface area contributed by atoms with Gasteiger partial charge in [0.25, 0.3) is 0 Å². The number of ether oxygens (including phenoxy) is 1. The molecule has 2 heterocycles. The van der Waals surface area contributed by atoms with E-state index in [1.807, 2.05) is 12.1 Å². The van der Waals surface area contributed by atoms with Crippen LogP contribution < -0.4 is 5.32 Å². The maximum absolute atomic E-state index is 12.4. The van der Waals surface area contributed by atoms with Crippen molar-refractivity contribution in [3.05, 3.63) is 42.1 Å². The SMILES string of the molecule is COC1CCn2c(ccc2-c2ccc(NC(=O)C3CCCCC3)cc2)C1. The average molecular weight is 352 g/mol. The van der Waals surface area contributed by atoms with Gasteiger partial charge in [-0.2, -0.15) is 0 Å². The number of nitrogens with one attached hydrogen (secondary N) is 1. The molecular weight excluding hydrogens is 324 g/mol. The predicted molar refractivity (Wildman–Crippen MR) is 104 cm³/mol. The molecule has 26 heavy (non-hydrogen) atoms. The number of benzene rings is 1. The van der Waals surface area contributed by atoms with Crippen molar-refractivity contribution in [2.45, 2.75) is 57.6 Å². The number of methoxy groups -OCH3 is 1. The van der Waals surface area contributed by atoms with Crippen LogP contribution in [0.2, 0.25) is 0 Å². The summed E-state index contributed by atoms with van der Waals surface area (Å²) >= 11 is 0. The van der Waals surface area contributed by atoms with E-state index in [0.717, 1.165) is 37.9 Å². The second-order valence-electron chi connectivity index (χ2n) is 7.61. The topological polar surface area (TPSA) is 43.3 Å². The van der Waals surface area contributed by atoms with Gasteiger partial charge in [0.15, 0.2) is 0 Å². The van der Waals surface area contributed by atoms with Crippen molar-refractivity contribution in [1.29, 1.82) is 0 Å². The van der Waals surface area contributed by atoms with Gasteiger partial charge in [0.2, 0.25) is 5.91 Å². The van der Waals surface area contributed by atoms with Crippen LogP contribution in [0.4, 0.5) is 5.69 Å². The molecule has 1 amide bonds. The van der Waals surface area contributed by atoms with Crippen LogP contribution in [0.25, 0.3) is 11.3 Å². The number of amides is 1. The van der Waals surface area contributed by atoms with Gasteiger partial charge in [-0.1, -0.05) is 31.4 Å². The second-order valence-corrected chi connectivity index (χ2v) is 7.61. The van der Waals surface area contributed by atoms with Gasteiger partial charge in [-0.3, -0.25) is 4.79 Å². The first-order chi connectivity index (χ1) is 12.7. The van der Waals surface area contributed by atoms with E-state index < -0.39 is 0 Å². The van der Waals surface area contributed by atoms with Crippen molar-refractivity contribution in [2.75, 3.05) is 12.4 Å². The van der Waals surface area contributed by atoms with E-state index in [9.17, 15) is 4.79 Å². The number of fused-ring (bicyclic) bond motifs is 1. The summed E-state index contributed by atoms with van der Waals surface area (Å²) in [5.41, 5.74) is 4.68. The first kappa shape index (κ1) is 17.3. The summed E-state index contributed by atoms with van der Waals surface area (Å²) in [4.78, 5) is 12.4. The molecule has 2 aromatic rings. The predicted octanol–water partition coefficient (Wildman–Crippen LogP) is 4.64. The van der Waals surface area contributed by atoms with Crippen LogP contribution >= 0.6 is 0 Å². The van der Waals surface area contributed by atoms with E-state index in [0.29, 0.717) is 6.10 Å². The van der Waals surface area contributed by atoms with E-state index in [1.54, 1.807) is 7.11 Å². The Balaban J connectivity index is 1.45. The maximum Gasteiger partial charge on any atom is 0.227 e. The van der Waals surface area contributed by atoms with E-state index >= 15 is 0 Å². The standard InChI is InChI=1S/C22H28N2O2/c1-26-20-13-14-24-19(15-20)11-12-21(24)16-7-9-18(10-8-16)23-22(25)17-5-3-2-4-6-17/h7-12,17,20H,2-6,13-15H2,1H3,(H,23,25). The molecule has 4 nitrogen and oxygen atoms in total. The lowest BCUT2D eigenvalue weighted by atomic mass is 9.88. The van der Waals surface area contributed by atoms with Crippen molar-refractivity contribution in [3.8, 4) is 11.3 Å². The van der Waals surface area contributed by atoms with Gasteiger partial charge in [-0.25, -0.2) is 0 Å². The Bertz CT molecular complexity index is 757. The Morgan fingerprint density at radius 1 is 1.04 bits per heavy atom. The molecule has 0 spiro atoms. The fourth-order valence-corrected chi connectivity index (χ4v) is 4.35. The molecule has 1 saturated carbocycles. The summed E-state index contributed by atoms with van der Waals surface area (Å²) in [7, 11) is 1.80. The molecule has 138 valence electrons. The summed E-state index contributed by atoms with van der Waals surface area (Å²) < 4.78 is 7.91. The monoisotopic (exact) mass is 352 g/mol. The number of carbonyl (C=O) groups excluding carboxylic acids is 1. The largest absolute Gasteiger partial charge is 0.381 e. The number of carbonyl (C=O) groups is 1. The van der Waals surface area contributed by atoms with E-state index in [2.05, 4.69) is 34.1 Å². The average Bonchev–Trinajstić information content (AvgIpc) is 3.12. The zero-order chi connectivity index (χ0) is 17.9. The molecule has 0 bridgehead atoms. The fraction of sp³-hybridized carbons (Fsp3) is 0.500. The lowest BCUT2D eigenvalue weighted by Crippen LogP contribution is -2.25. The van der Waals surface area contributed by atoms with Gasteiger partial charge in [-0.15, -0.1) is 0 Å². The summed E-state index contributed by atoms with van der Waals surface area (Å²) in [6.45, 7) is 0.996. The molecule has 1 N–H and O–H groups in total. The van der Waals surface area contributed by atoms with E-state index in [1.165, 1.54) is 36.2 Å². The van der Waals surface area contributed by atoms with Gasteiger partial charge in [0.05, 0.1) is 6.10 Å². The lowest BCUT2D eigenvalue weighted by Gasteiger charge is -2.25. The highest BCUT2D eigenvalue weighted by Crippen LogP contribution is 2.29. The molecule has 1 aliphatic carbocycles. The van der Waals surface area contributed by atoms with Crippen LogP contribution in [0.1, 0.15) is 44.2 Å². The Labute approximate surface area is 155 Å². The Hall–Kier alpha value is -2.07. The molecule has 1 aromatic heterocycles. The van der Waals surface area contributed by atoms with Crippen LogP contribution in [0, 0.1) is 5.92 Å². The summed E-state index contributed by atoms with van der Waals surface area (Å²) in [6.07, 6.45) is 8.06. The smallest absolute Gasteiger partial charge is 0.227 e.